The number of rotatable bonds is 8. The highest BCUT2D eigenvalue weighted by atomic mass is 32.1. The van der Waals surface area contributed by atoms with E-state index >= 15 is 0 Å². The molecule has 3 rings (SSSR count). The fourth-order valence-corrected chi connectivity index (χ4v) is 5.32. The molecule has 0 atom stereocenters. The van der Waals surface area contributed by atoms with E-state index in [4.69, 9.17) is 4.99 Å². The first-order valence-electron chi connectivity index (χ1n) is 11.5. The highest BCUT2D eigenvalue weighted by Crippen LogP contribution is 2.31. The van der Waals surface area contributed by atoms with Crippen LogP contribution in [0.3, 0.4) is 0 Å². The number of likely N-dealkylation sites (tertiary alicyclic amines) is 2. The van der Waals surface area contributed by atoms with E-state index in [0.29, 0.717) is 0 Å². The average molecular weight is 421 g/mol. The third-order valence-electron chi connectivity index (χ3n) is 6.40. The van der Waals surface area contributed by atoms with E-state index < -0.39 is 0 Å². The molecule has 0 saturated carbocycles. The number of nitrogens with zero attached hydrogens (tertiary/aromatic N) is 4. The van der Waals surface area contributed by atoms with Crippen molar-refractivity contribution >= 4 is 17.3 Å². The van der Waals surface area contributed by atoms with Gasteiger partial charge in [0.15, 0.2) is 5.96 Å². The highest BCUT2D eigenvalue weighted by Gasteiger charge is 2.39. The maximum absolute atomic E-state index is 5.08. The maximum atomic E-state index is 5.08. The molecule has 2 aliphatic rings. The fourth-order valence-electron chi connectivity index (χ4n) is 4.46. The molecule has 0 bridgehead atoms. The minimum atomic E-state index is 0.237. The van der Waals surface area contributed by atoms with E-state index in [1.165, 1.54) is 68.2 Å². The summed E-state index contributed by atoms with van der Waals surface area (Å²) >= 11 is 1.83. The number of aliphatic imine (C=N–C) groups is 1. The molecule has 0 aromatic carbocycles. The van der Waals surface area contributed by atoms with Gasteiger partial charge < -0.3 is 15.5 Å². The number of thiazole rings is 1. The summed E-state index contributed by atoms with van der Waals surface area (Å²) in [5, 5.41) is 8.20. The van der Waals surface area contributed by atoms with Gasteiger partial charge in [-0.05, 0) is 72.3 Å². The van der Waals surface area contributed by atoms with Gasteiger partial charge in [-0.15, -0.1) is 11.3 Å². The molecule has 0 amide bonds. The second kappa shape index (κ2) is 11.3. The smallest absolute Gasteiger partial charge is 0.191 e. The van der Waals surface area contributed by atoms with Crippen LogP contribution in [0.1, 0.15) is 55.8 Å². The van der Waals surface area contributed by atoms with Crippen molar-refractivity contribution in [3.05, 3.63) is 16.1 Å². The molecule has 1 aromatic rings. The summed E-state index contributed by atoms with van der Waals surface area (Å²) in [5.74, 6) is 0.954. The molecule has 1 aromatic heterocycles. The van der Waals surface area contributed by atoms with E-state index in [1.54, 1.807) is 0 Å². The average Bonchev–Trinajstić information content (AvgIpc) is 3.22. The minimum absolute atomic E-state index is 0.237. The van der Waals surface area contributed by atoms with Crippen molar-refractivity contribution in [3.8, 4) is 0 Å². The molecule has 2 saturated heterocycles. The largest absolute Gasteiger partial charge is 0.357 e. The monoisotopic (exact) mass is 420 g/mol. The van der Waals surface area contributed by atoms with Crippen LogP contribution in [-0.4, -0.2) is 79.1 Å². The number of nitrogens with one attached hydrogen (secondary N) is 2. The van der Waals surface area contributed by atoms with Crippen molar-refractivity contribution in [2.75, 3.05) is 52.9 Å². The van der Waals surface area contributed by atoms with E-state index in [2.05, 4.69) is 46.3 Å². The molecule has 0 unspecified atom stereocenters. The second-order valence-corrected chi connectivity index (χ2v) is 9.72. The number of piperidine rings is 2. The van der Waals surface area contributed by atoms with Gasteiger partial charge in [-0.2, -0.15) is 0 Å². The predicted octanol–water partition coefficient (Wildman–Crippen LogP) is 2.75. The highest BCUT2D eigenvalue weighted by molar-refractivity contribution is 7.11. The molecule has 164 valence electrons. The Kier molecular flexibility index (Phi) is 8.75. The van der Waals surface area contributed by atoms with Gasteiger partial charge in [-0.3, -0.25) is 9.89 Å². The second-order valence-electron chi connectivity index (χ2n) is 8.52. The standard InChI is InChI=1S/C22H40N6S/c1-4-19-17-25-20(29-19)9-12-24-21(23-5-2)26-18-22(10-15-27(3)16-11-22)28-13-7-6-8-14-28/h17H,4-16,18H2,1-3H3,(H2,23,24,26). The van der Waals surface area contributed by atoms with Gasteiger partial charge >= 0.3 is 0 Å². The number of hydrogen-bond acceptors (Lipinski definition) is 5. The first-order valence-corrected chi connectivity index (χ1v) is 12.4. The Bertz CT molecular complexity index is 629. The Hall–Kier alpha value is -1.18. The SMILES string of the molecule is CCNC(=NCC1(N2CCCCC2)CCN(C)CC1)NCCc1ncc(CC)s1. The van der Waals surface area contributed by atoms with Crippen LogP contribution in [0.15, 0.2) is 11.2 Å². The lowest BCUT2D eigenvalue weighted by Crippen LogP contribution is -2.58. The molecule has 2 N–H and O–H groups in total. The Balaban J connectivity index is 1.60. The van der Waals surface area contributed by atoms with Gasteiger partial charge in [0.05, 0.1) is 11.6 Å². The van der Waals surface area contributed by atoms with Gasteiger partial charge in [-0.25, -0.2) is 4.98 Å². The van der Waals surface area contributed by atoms with Crippen molar-refractivity contribution in [1.82, 2.24) is 25.4 Å². The van der Waals surface area contributed by atoms with Gasteiger partial charge in [0, 0.05) is 36.1 Å². The molecule has 0 radical (unpaired) electrons. The van der Waals surface area contributed by atoms with Crippen molar-refractivity contribution < 1.29 is 0 Å². The van der Waals surface area contributed by atoms with Gasteiger partial charge in [0.1, 0.15) is 0 Å². The van der Waals surface area contributed by atoms with Crippen LogP contribution in [-0.2, 0) is 12.8 Å². The Morgan fingerprint density at radius 1 is 1.14 bits per heavy atom. The zero-order chi connectivity index (χ0) is 20.5. The third-order valence-corrected chi connectivity index (χ3v) is 7.60. The summed E-state index contributed by atoms with van der Waals surface area (Å²) in [6.45, 7) is 11.8. The van der Waals surface area contributed by atoms with Crippen LogP contribution in [0.2, 0.25) is 0 Å². The first-order chi connectivity index (χ1) is 14.1. The molecular formula is C22H40N6S. The van der Waals surface area contributed by atoms with E-state index in [9.17, 15) is 0 Å². The lowest BCUT2D eigenvalue weighted by atomic mass is 9.84. The van der Waals surface area contributed by atoms with Gasteiger partial charge in [0.2, 0.25) is 0 Å². The molecule has 2 aliphatic heterocycles. The molecule has 0 aliphatic carbocycles. The molecule has 29 heavy (non-hydrogen) atoms. The lowest BCUT2D eigenvalue weighted by Gasteiger charge is -2.49. The third kappa shape index (κ3) is 6.40. The van der Waals surface area contributed by atoms with Crippen molar-refractivity contribution in [1.29, 1.82) is 0 Å². The van der Waals surface area contributed by atoms with Gasteiger partial charge in [0.25, 0.3) is 0 Å². The van der Waals surface area contributed by atoms with Crippen LogP contribution in [0.5, 0.6) is 0 Å². The fraction of sp³-hybridized carbons (Fsp3) is 0.818. The molecule has 6 nitrogen and oxygen atoms in total. The molecule has 7 heteroatoms. The predicted molar refractivity (Wildman–Crippen MR) is 124 cm³/mol. The van der Waals surface area contributed by atoms with Crippen LogP contribution in [0.4, 0.5) is 0 Å². The lowest BCUT2D eigenvalue weighted by molar-refractivity contribution is 0.0208. The Labute approximate surface area is 181 Å². The maximum Gasteiger partial charge on any atom is 0.191 e. The summed E-state index contributed by atoms with van der Waals surface area (Å²) in [5.41, 5.74) is 0.237. The zero-order valence-electron chi connectivity index (χ0n) is 18.7. The van der Waals surface area contributed by atoms with Crippen molar-refractivity contribution in [3.63, 3.8) is 0 Å². The first kappa shape index (κ1) is 22.5. The molecular weight excluding hydrogens is 380 g/mol. The topological polar surface area (TPSA) is 55.8 Å². The summed E-state index contributed by atoms with van der Waals surface area (Å²) in [6, 6.07) is 0. The number of aryl methyl sites for hydroxylation is 1. The normalized spacial score (nSPS) is 21.3. The van der Waals surface area contributed by atoms with Crippen molar-refractivity contribution in [2.45, 2.75) is 64.3 Å². The minimum Gasteiger partial charge on any atom is -0.357 e. The summed E-state index contributed by atoms with van der Waals surface area (Å²) in [6.07, 6.45) is 10.6. The summed E-state index contributed by atoms with van der Waals surface area (Å²) < 4.78 is 0. The van der Waals surface area contributed by atoms with Crippen LogP contribution in [0, 0.1) is 0 Å². The number of hydrogen-bond donors (Lipinski definition) is 2. The van der Waals surface area contributed by atoms with Crippen molar-refractivity contribution in [2.24, 2.45) is 4.99 Å². The Morgan fingerprint density at radius 3 is 2.55 bits per heavy atom. The molecule has 2 fully saturated rings. The zero-order valence-corrected chi connectivity index (χ0v) is 19.5. The van der Waals surface area contributed by atoms with Crippen LogP contribution < -0.4 is 10.6 Å². The van der Waals surface area contributed by atoms with Gasteiger partial charge in [-0.1, -0.05) is 13.3 Å². The van der Waals surface area contributed by atoms with E-state index in [1.807, 2.05) is 17.5 Å². The summed E-state index contributed by atoms with van der Waals surface area (Å²) in [4.78, 5) is 16.2. The molecule has 0 spiro atoms. The summed E-state index contributed by atoms with van der Waals surface area (Å²) in [7, 11) is 2.25. The molecule has 3 heterocycles. The number of aromatic nitrogens is 1. The quantitative estimate of drug-likeness (QED) is 0.500. The number of guanidine groups is 1. The van der Waals surface area contributed by atoms with Crippen LogP contribution >= 0.6 is 11.3 Å². The van der Waals surface area contributed by atoms with E-state index in [0.717, 1.165) is 38.4 Å². The van der Waals surface area contributed by atoms with Crippen LogP contribution in [0.25, 0.3) is 0 Å². The Morgan fingerprint density at radius 2 is 1.90 bits per heavy atom. The van der Waals surface area contributed by atoms with E-state index in [-0.39, 0.29) is 5.54 Å².